The van der Waals surface area contributed by atoms with Crippen LogP contribution < -0.4 is 4.74 Å². The fourth-order valence-electron chi connectivity index (χ4n) is 4.23. The number of carbonyl (C=O) groups is 1. The minimum atomic E-state index is -0.189. The van der Waals surface area contributed by atoms with E-state index in [0.717, 1.165) is 41.3 Å². The van der Waals surface area contributed by atoms with E-state index in [-0.39, 0.29) is 18.0 Å². The molecule has 3 aromatic carbocycles. The Hall–Kier alpha value is -2.80. The molecule has 0 amide bonds. The van der Waals surface area contributed by atoms with Gasteiger partial charge in [-0.15, -0.1) is 0 Å². The Morgan fingerprint density at radius 1 is 1.06 bits per heavy atom. The van der Waals surface area contributed by atoms with Crippen LogP contribution in [0, 0.1) is 0 Å². The van der Waals surface area contributed by atoms with Crippen molar-refractivity contribution < 1.29 is 19.0 Å². The molecule has 0 bridgehead atoms. The topological polar surface area (TPSA) is 48.0 Å². The second kappa shape index (κ2) is 12.8. The molecule has 1 heterocycles. The Labute approximate surface area is 212 Å². The van der Waals surface area contributed by atoms with Crippen LogP contribution in [0.3, 0.4) is 0 Å². The Morgan fingerprint density at radius 2 is 1.83 bits per heavy atom. The summed E-state index contributed by atoms with van der Waals surface area (Å²) < 4.78 is 19.3. The van der Waals surface area contributed by atoms with Gasteiger partial charge in [0.1, 0.15) is 18.5 Å². The Morgan fingerprint density at radius 3 is 2.66 bits per heavy atom. The number of nitrogens with zero attached hydrogens (tertiary/aromatic N) is 1. The van der Waals surface area contributed by atoms with Gasteiger partial charge < -0.3 is 14.2 Å². The maximum atomic E-state index is 12.7. The molecule has 6 heteroatoms. The van der Waals surface area contributed by atoms with Crippen molar-refractivity contribution >= 4 is 17.9 Å². The molecule has 0 N–H and O–H groups in total. The number of fused-ring (bicyclic) bond motifs is 1. The molecule has 5 nitrogen and oxygen atoms in total. The zero-order valence-electron chi connectivity index (χ0n) is 20.4. The summed E-state index contributed by atoms with van der Waals surface area (Å²) in [6.07, 6.45) is 1.19. The molecule has 3 aromatic rings. The summed E-state index contributed by atoms with van der Waals surface area (Å²) in [7, 11) is 1.69. The number of methoxy groups -OCH3 is 1. The lowest BCUT2D eigenvalue weighted by Crippen LogP contribution is -2.27. The molecular weight excluding hydrogens is 458 g/mol. The van der Waals surface area contributed by atoms with E-state index < -0.39 is 0 Å². The minimum absolute atomic E-state index is 0.0398. The molecule has 4 rings (SSSR count). The van der Waals surface area contributed by atoms with Gasteiger partial charge in [0.15, 0.2) is 0 Å². The molecule has 35 heavy (non-hydrogen) atoms. The smallest absolute Gasteiger partial charge is 0.306 e. The highest BCUT2D eigenvalue weighted by Gasteiger charge is 2.22. The van der Waals surface area contributed by atoms with Gasteiger partial charge >= 0.3 is 5.97 Å². The average Bonchev–Trinajstić information content (AvgIpc) is 3.03. The number of hydrogen-bond acceptors (Lipinski definition) is 6. The third-order valence-electron chi connectivity index (χ3n) is 5.97. The molecule has 1 aliphatic rings. The van der Waals surface area contributed by atoms with Gasteiger partial charge in [0.25, 0.3) is 0 Å². The van der Waals surface area contributed by atoms with E-state index in [1.165, 1.54) is 5.56 Å². The first kappa shape index (κ1) is 25.3. The summed E-state index contributed by atoms with van der Waals surface area (Å²) >= 11 is 1.73. The van der Waals surface area contributed by atoms with Crippen LogP contribution in [0.4, 0.5) is 0 Å². The zero-order valence-corrected chi connectivity index (χ0v) is 21.2. The molecule has 0 aromatic heterocycles. The standard InChI is InChI=1S/C29H33NO4S/c1-22-19-30(35-28-14-7-6-13-27(28)34-22)20-24-11-8-12-25(17-24)26(15-16-32-2)18-29(31)33-21-23-9-4-3-5-10-23/h3-14,17,22,26H,15-16,18-21H2,1-2H3/t22-,26?/m1/s1. The second-order valence-corrected chi connectivity index (χ2v) is 10.0. The lowest BCUT2D eigenvalue weighted by molar-refractivity contribution is -0.145. The van der Waals surface area contributed by atoms with E-state index in [0.29, 0.717) is 19.6 Å². The van der Waals surface area contributed by atoms with Crippen LogP contribution in [0.2, 0.25) is 0 Å². The SMILES string of the molecule is COCCC(CC(=O)OCc1ccccc1)c1cccc(CN2C[C@@H](C)Oc3ccccc3S2)c1. The van der Waals surface area contributed by atoms with Crippen LogP contribution >= 0.6 is 11.9 Å². The number of para-hydroxylation sites is 1. The van der Waals surface area contributed by atoms with Crippen LogP contribution in [0.1, 0.15) is 42.4 Å². The molecule has 0 radical (unpaired) electrons. The number of benzene rings is 3. The Bertz CT molecular complexity index is 1090. The van der Waals surface area contributed by atoms with Gasteiger partial charge in [-0.1, -0.05) is 66.7 Å². The van der Waals surface area contributed by atoms with Crippen LogP contribution in [0.5, 0.6) is 5.75 Å². The molecule has 0 saturated carbocycles. The van der Waals surface area contributed by atoms with Crippen molar-refractivity contribution in [1.82, 2.24) is 4.31 Å². The third kappa shape index (κ3) is 7.59. The molecule has 0 aliphatic carbocycles. The number of carbonyl (C=O) groups excluding carboxylic acids is 1. The summed E-state index contributed by atoms with van der Waals surface area (Å²) in [4.78, 5) is 13.8. The van der Waals surface area contributed by atoms with Crippen molar-refractivity contribution in [1.29, 1.82) is 0 Å². The van der Waals surface area contributed by atoms with E-state index in [2.05, 4.69) is 41.6 Å². The summed E-state index contributed by atoms with van der Waals surface area (Å²) in [5.74, 6) is 0.791. The fourth-order valence-corrected chi connectivity index (χ4v) is 5.35. The summed E-state index contributed by atoms with van der Waals surface area (Å²) in [5, 5.41) is 0. The van der Waals surface area contributed by atoms with E-state index in [4.69, 9.17) is 14.2 Å². The van der Waals surface area contributed by atoms with E-state index in [9.17, 15) is 4.79 Å². The van der Waals surface area contributed by atoms with E-state index >= 15 is 0 Å². The van der Waals surface area contributed by atoms with Crippen LogP contribution in [-0.4, -0.2) is 36.6 Å². The lowest BCUT2D eigenvalue weighted by Gasteiger charge is -2.22. The van der Waals surface area contributed by atoms with Crippen molar-refractivity contribution in [2.75, 3.05) is 20.3 Å². The first-order chi connectivity index (χ1) is 17.1. The number of esters is 1. The van der Waals surface area contributed by atoms with Gasteiger partial charge in [-0.3, -0.25) is 4.79 Å². The molecule has 1 aliphatic heterocycles. The van der Waals surface area contributed by atoms with Crippen LogP contribution in [0.25, 0.3) is 0 Å². The number of ether oxygens (including phenoxy) is 3. The van der Waals surface area contributed by atoms with Crippen molar-refractivity contribution in [3.63, 3.8) is 0 Å². The van der Waals surface area contributed by atoms with Crippen LogP contribution in [-0.2, 0) is 27.4 Å². The predicted octanol–water partition coefficient (Wildman–Crippen LogP) is 6.23. The Balaban J connectivity index is 1.42. The predicted molar refractivity (Wildman–Crippen MR) is 139 cm³/mol. The molecule has 1 unspecified atom stereocenters. The summed E-state index contributed by atoms with van der Waals surface area (Å²) in [5.41, 5.74) is 3.34. The van der Waals surface area contributed by atoms with Gasteiger partial charge in [-0.25, -0.2) is 4.31 Å². The Kier molecular flexibility index (Phi) is 9.23. The fraction of sp³-hybridized carbons (Fsp3) is 0.345. The second-order valence-electron chi connectivity index (χ2n) is 8.86. The number of rotatable bonds is 10. The first-order valence-electron chi connectivity index (χ1n) is 12.1. The zero-order chi connectivity index (χ0) is 24.5. The maximum Gasteiger partial charge on any atom is 0.306 e. The monoisotopic (exact) mass is 491 g/mol. The van der Waals surface area contributed by atoms with Crippen molar-refractivity contribution in [3.05, 3.63) is 95.6 Å². The normalized spacial score (nSPS) is 16.6. The highest BCUT2D eigenvalue weighted by atomic mass is 32.2. The largest absolute Gasteiger partial charge is 0.488 e. The molecule has 0 saturated heterocycles. The van der Waals surface area contributed by atoms with Crippen molar-refractivity contribution in [3.8, 4) is 5.75 Å². The van der Waals surface area contributed by atoms with Gasteiger partial charge in [0.05, 0.1) is 11.3 Å². The van der Waals surface area contributed by atoms with Gasteiger partial charge in [0.2, 0.25) is 0 Å². The van der Waals surface area contributed by atoms with Crippen molar-refractivity contribution in [2.24, 2.45) is 0 Å². The molecule has 2 atom stereocenters. The number of hydrogen-bond donors (Lipinski definition) is 0. The lowest BCUT2D eigenvalue weighted by atomic mass is 9.91. The van der Waals surface area contributed by atoms with E-state index in [1.54, 1.807) is 19.1 Å². The molecule has 0 fully saturated rings. The molecule has 184 valence electrons. The summed E-state index contributed by atoms with van der Waals surface area (Å²) in [6, 6.07) is 26.5. The quantitative estimate of drug-likeness (QED) is 0.247. The minimum Gasteiger partial charge on any atom is -0.488 e. The average molecular weight is 492 g/mol. The first-order valence-corrected chi connectivity index (χ1v) is 12.8. The van der Waals surface area contributed by atoms with E-state index in [1.807, 2.05) is 48.5 Å². The maximum absolute atomic E-state index is 12.7. The molecular formula is C29H33NO4S. The van der Waals surface area contributed by atoms with Gasteiger partial charge in [-0.2, -0.15) is 0 Å². The third-order valence-corrected chi connectivity index (χ3v) is 7.04. The van der Waals surface area contributed by atoms with Gasteiger partial charge in [-0.05, 0) is 60.0 Å². The highest BCUT2D eigenvalue weighted by molar-refractivity contribution is 7.97. The van der Waals surface area contributed by atoms with Crippen LogP contribution in [0.15, 0.2) is 83.8 Å². The molecule has 0 spiro atoms. The van der Waals surface area contributed by atoms with Gasteiger partial charge in [0, 0.05) is 26.8 Å². The highest BCUT2D eigenvalue weighted by Crippen LogP contribution is 2.36. The summed E-state index contributed by atoms with van der Waals surface area (Å²) in [6.45, 7) is 4.60. The van der Waals surface area contributed by atoms with Crippen molar-refractivity contribution in [2.45, 2.75) is 49.8 Å².